The minimum absolute atomic E-state index is 0.132. The third-order valence-corrected chi connectivity index (χ3v) is 12.1. The van der Waals surface area contributed by atoms with E-state index in [2.05, 4.69) is 159 Å². The van der Waals surface area contributed by atoms with E-state index in [4.69, 9.17) is 0 Å². The van der Waals surface area contributed by atoms with Crippen LogP contribution in [0.4, 0.5) is 34.1 Å². The highest BCUT2D eigenvalue weighted by Gasteiger charge is 2.57. The monoisotopic (exact) mass is 586 g/mol. The highest BCUT2D eigenvalue weighted by atomic mass is 15.2. The summed E-state index contributed by atoms with van der Waals surface area (Å²) in [5.74, 6) is 0. The summed E-state index contributed by atoms with van der Waals surface area (Å²) in [6, 6.07) is 46.0. The Kier molecular flexibility index (Phi) is 4.43. The van der Waals surface area contributed by atoms with Crippen LogP contribution in [-0.4, -0.2) is 13.4 Å². The minimum atomic E-state index is -0.132. The summed E-state index contributed by atoms with van der Waals surface area (Å²) >= 11 is 0. The first-order chi connectivity index (χ1) is 22.4. The van der Waals surface area contributed by atoms with Gasteiger partial charge in [0.05, 0.1) is 0 Å². The van der Waals surface area contributed by atoms with Gasteiger partial charge in [-0.2, -0.15) is 0 Å². The average Bonchev–Trinajstić information content (AvgIpc) is 3.08. The van der Waals surface area contributed by atoms with Crippen LogP contribution in [0.1, 0.15) is 49.9 Å². The molecule has 46 heavy (non-hydrogen) atoms. The van der Waals surface area contributed by atoms with Gasteiger partial charge in [-0.25, -0.2) is 0 Å². The topological polar surface area (TPSA) is 6.48 Å². The molecular weight excluding hydrogens is 554 g/mol. The zero-order valence-corrected chi connectivity index (χ0v) is 26.6. The summed E-state index contributed by atoms with van der Waals surface area (Å²) in [4.78, 5) is 5.13. The van der Waals surface area contributed by atoms with Gasteiger partial charge in [-0.05, 0) is 92.6 Å². The van der Waals surface area contributed by atoms with Crippen molar-refractivity contribution in [2.75, 3.05) is 9.80 Å². The third-order valence-electron chi connectivity index (χ3n) is 12.1. The van der Waals surface area contributed by atoms with Crippen molar-refractivity contribution < 1.29 is 0 Å². The van der Waals surface area contributed by atoms with E-state index in [1.54, 1.807) is 10.9 Å². The zero-order valence-electron chi connectivity index (χ0n) is 26.6. The summed E-state index contributed by atoms with van der Waals surface area (Å²) < 4.78 is 0. The third kappa shape index (κ3) is 2.69. The van der Waals surface area contributed by atoms with E-state index in [1.807, 2.05) is 0 Å². The molecule has 0 aromatic heterocycles. The molecule has 216 valence electrons. The molecule has 0 fully saturated rings. The van der Waals surface area contributed by atoms with Crippen molar-refractivity contribution >= 4 is 80.3 Å². The van der Waals surface area contributed by atoms with Crippen molar-refractivity contribution in [1.82, 2.24) is 0 Å². The second-order valence-electron chi connectivity index (χ2n) is 14.9. The zero-order chi connectivity index (χ0) is 30.7. The molecule has 2 nitrogen and oxygen atoms in total. The van der Waals surface area contributed by atoms with Gasteiger partial charge < -0.3 is 9.80 Å². The van der Waals surface area contributed by atoms with Crippen LogP contribution < -0.4 is 42.6 Å². The van der Waals surface area contributed by atoms with E-state index < -0.39 is 0 Å². The molecule has 0 amide bonds. The van der Waals surface area contributed by atoms with Gasteiger partial charge in [-0.1, -0.05) is 111 Å². The normalized spacial score (nSPS) is 17.3. The van der Waals surface area contributed by atoms with Crippen LogP contribution in [0, 0.1) is 0 Å². The van der Waals surface area contributed by atoms with Gasteiger partial charge in [0.2, 0.25) is 13.4 Å². The second-order valence-corrected chi connectivity index (χ2v) is 14.9. The van der Waals surface area contributed by atoms with Crippen molar-refractivity contribution in [3.05, 3.63) is 144 Å². The standard InChI is InChI=1S/C42H32B2N2/c1-41(2)27-17-11-19-31-35(27)43-37-29(41)21-23-33-39(37)44-36-28(18-12-20-32(36)46(33)26-15-9-6-10-16-26)42(3,4)30-22-24-34(40(43)38(30)44)45(31)25-13-7-5-8-14-25/h5-24H,1-4H3. The van der Waals surface area contributed by atoms with Gasteiger partial charge >= 0.3 is 0 Å². The summed E-state index contributed by atoms with van der Waals surface area (Å²) in [6.45, 7) is 10.2. The highest BCUT2D eigenvalue weighted by Crippen LogP contribution is 2.48. The number of para-hydroxylation sites is 2. The lowest BCUT2D eigenvalue weighted by Crippen LogP contribution is -2.82. The van der Waals surface area contributed by atoms with Crippen LogP contribution in [0.3, 0.4) is 0 Å². The molecule has 0 radical (unpaired) electrons. The molecular formula is C42H32B2N2. The van der Waals surface area contributed by atoms with Crippen LogP contribution >= 0.6 is 0 Å². The lowest BCUT2D eigenvalue weighted by atomic mass is 9.15. The van der Waals surface area contributed by atoms with E-state index in [0.29, 0.717) is 0 Å². The van der Waals surface area contributed by atoms with Gasteiger partial charge in [0.25, 0.3) is 0 Å². The Morgan fingerprint density at radius 1 is 0.348 bits per heavy atom. The van der Waals surface area contributed by atoms with E-state index >= 15 is 0 Å². The predicted octanol–water partition coefficient (Wildman–Crippen LogP) is 5.88. The molecule has 5 heterocycles. The van der Waals surface area contributed by atoms with Crippen molar-refractivity contribution in [2.45, 2.75) is 38.5 Å². The van der Waals surface area contributed by atoms with Gasteiger partial charge in [-0.15, -0.1) is 0 Å². The summed E-state index contributed by atoms with van der Waals surface area (Å²) in [5.41, 5.74) is 22.5. The van der Waals surface area contributed by atoms with Gasteiger partial charge in [0.15, 0.2) is 0 Å². The lowest BCUT2D eigenvalue weighted by Gasteiger charge is -2.54. The molecule has 5 aliphatic heterocycles. The van der Waals surface area contributed by atoms with Crippen molar-refractivity contribution in [3.63, 3.8) is 0 Å². The van der Waals surface area contributed by atoms with Gasteiger partial charge in [0, 0.05) is 45.0 Å². The molecule has 5 aliphatic rings. The van der Waals surface area contributed by atoms with E-state index in [0.717, 1.165) is 0 Å². The molecule has 6 aromatic carbocycles. The van der Waals surface area contributed by atoms with Crippen molar-refractivity contribution in [3.8, 4) is 0 Å². The Bertz CT molecular complexity index is 2170. The first-order valence-electron chi connectivity index (χ1n) is 16.7. The number of hydrogen-bond acceptors (Lipinski definition) is 2. The first-order valence-corrected chi connectivity index (χ1v) is 16.7. The maximum Gasteiger partial charge on any atom is 0.246 e. The second kappa shape index (κ2) is 8.06. The van der Waals surface area contributed by atoms with Crippen LogP contribution in [-0.2, 0) is 10.8 Å². The smallest absolute Gasteiger partial charge is 0.246 e. The molecule has 0 aliphatic carbocycles. The minimum Gasteiger partial charge on any atom is -0.312 e. The number of anilines is 6. The molecule has 0 bridgehead atoms. The van der Waals surface area contributed by atoms with Crippen molar-refractivity contribution in [1.29, 1.82) is 0 Å². The Morgan fingerprint density at radius 3 is 1.13 bits per heavy atom. The largest absolute Gasteiger partial charge is 0.312 e. The summed E-state index contributed by atoms with van der Waals surface area (Å²) in [7, 11) is 0. The number of rotatable bonds is 2. The van der Waals surface area contributed by atoms with Crippen LogP contribution in [0.15, 0.2) is 121 Å². The molecule has 0 N–H and O–H groups in total. The molecule has 0 saturated heterocycles. The molecule has 11 rings (SSSR count). The van der Waals surface area contributed by atoms with Crippen molar-refractivity contribution in [2.24, 2.45) is 0 Å². The Labute approximate surface area is 271 Å². The lowest BCUT2D eigenvalue weighted by molar-refractivity contribution is 0.643. The van der Waals surface area contributed by atoms with E-state index in [-0.39, 0.29) is 24.3 Å². The quantitative estimate of drug-likeness (QED) is 0.234. The maximum atomic E-state index is 2.56. The number of nitrogens with zero attached hydrogens (tertiary/aromatic N) is 2. The maximum absolute atomic E-state index is 2.56. The summed E-state index contributed by atoms with van der Waals surface area (Å²) in [6.07, 6.45) is 0. The van der Waals surface area contributed by atoms with Crippen LogP contribution in [0.5, 0.6) is 0 Å². The van der Waals surface area contributed by atoms with E-state index in [9.17, 15) is 0 Å². The highest BCUT2D eigenvalue weighted by molar-refractivity contribution is 7.14. The molecule has 0 spiro atoms. The fourth-order valence-corrected chi connectivity index (χ4v) is 10.3. The molecule has 4 heteroatoms. The Hall–Kier alpha value is -4.95. The van der Waals surface area contributed by atoms with Crippen LogP contribution in [0.2, 0.25) is 0 Å². The Balaban J connectivity index is 1.36. The Morgan fingerprint density at radius 2 is 0.717 bits per heavy atom. The fraction of sp³-hybridized carbons (Fsp3) is 0.143. The van der Waals surface area contributed by atoms with E-state index in [1.165, 1.54) is 78.2 Å². The van der Waals surface area contributed by atoms with Gasteiger partial charge in [-0.3, -0.25) is 0 Å². The molecule has 0 atom stereocenters. The van der Waals surface area contributed by atoms with Crippen LogP contribution in [0.25, 0.3) is 0 Å². The fourth-order valence-electron chi connectivity index (χ4n) is 10.3. The number of benzene rings is 6. The molecule has 0 saturated carbocycles. The molecule has 0 unspecified atom stereocenters. The predicted molar refractivity (Wildman–Crippen MR) is 196 cm³/mol. The SMILES string of the molecule is CC1(C)c2cccc3c2B2c4c(ccc5c4B4c6c(cccc6C5(C)C)N(c5ccccc5)c5ccc1c2c54)N3c1ccccc1. The summed E-state index contributed by atoms with van der Waals surface area (Å²) in [5, 5.41) is 0. The number of hydrogen-bond donors (Lipinski definition) is 0. The first kappa shape index (κ1) is 25.3. The average molecular weight is 586 g/mol. The van der Waals surface area contributed by atoms with Gasteiger partial charge in [0.1, 0.15) is 0 Å². The molecule has 6 aromatic rings.